The van der Waals surface area contributed by atoms with Crippen molar-refractivity contribution in [3.05, 3.63) is 180 Å². The SMILES string of the molecule is CCCCc1ccc2c(-c3ccc(-c4c(O)c(O)c(-c5ccc(-c6c(O)c(O)c(-c7ccc(-c8c(O)c(O)cc9cc(CCCC)ccc89)cc7)c7cc(CCCC)ccc67)cc5)c5ccc(CCCC)cc45)cc3)c(O)c(O)cc2c1. The van der Waals surface area contributed by atoms with Crippen LogP contribution < -0.4 is 0 Å². The number of hydrogen-bond acceptors (Lipinski definition) is 8. The van der Waals surface area contributed by atoms with Crippen LogP contribution in [0.3, 0.4) is 0 Å². The van der Waals surface area contributed by atoms with Crippen molar-refractivity contribution in [2.24, 2.45) is 0 Å². The third-order valence-corrected chi connectivity index (χ3v) is 16.6. The monoisotopic (exact) mass is 1090 g/mol. The predicted octanol–water partition coefficient (Wildman–Crippen LogP) is 19.3. The maximum absolute atomic E-state index is 12.2. The van der Waals surface area contributed by atoms with Crippen molar-refractivity contribution in [3.63, 3.8) is 0 Å². The summed E-state index contributed by atoms with van der Waals surface area (Å²) in [6, 6.07) is 50.2. The summed E-state index contributed by atoms with van der Waals surface area (Å²) in [5.74, 6) is -1.97. The molecule has 0 spiro atoms. The van der Waals surface area contributed by atoms with Crippen LogP contribution in [0.5, 0.6) is 46.0 Å². The molecule has 0 aromatic heterocycles. The molecule has 0 atom stereocenters. The molecule has 0 amide bonds. The molecule has 0 aliphatic rings. The van der Waals surface area contributed by atoms with E-state index in [0.717, 1.165) is 142 Å². The van der Waals surface area contributed by atoms with Crippen LogP contribution >= 0.6 is 0 Å². The lowest BCUT2D eigenvalue weighted by molar-refractivity contribution is 0.406. The van der Waals surface area contributed by atoms with Gasteiger partial charge in [0, 0.05) is 33.4 Å². The van der Waals surface area contributed by atoms with Crippen molar-refractivity contribution < 1.29 is 40.9 Å². The molecule has 0 bridgehead atoms. The van der Waals surface area contributed by atoms with E-state index in [-0.39, 0.29) is 46.0 Å². The zero-order valence-electron chi connectivity index (χ0n) is 47.1. The van der Waals surface area contributed by atoms with E-state index in [1.807, 2.05) is 97.1 Å². The number of aromatic hydroxyl groups is 8. The first-order valence-corrected chi connectivity index (χ1v) is 29.1. The van der Waals surface area contributed by atoms with Gasteiger partial charge in [-0.3, -0.25) is 0 Å². The number of hydrogen-bond donors (Lipinski definition) is 8. The lowest BCUT2D eigenvalue weighted by atomic mass is 9.86. The maximum Gasteiger partial charge on any atom is 0.166 e. The Morgan fingerprint density at radius 3 is 0.732 bits per heavy atom. The highest BCUT2D eigenvalue weighted by Crippen LogP contribution is 2.54. The lowest BCUT2D eigenvalue weighted by Crippen LogP contribution is -1.94. The van der Waals surface area contributed by atoms with Crippen LogP contribution in [0.2, 0.25) is 0 Å². The fraction of sp³-hybridized carbons (Fsp3) is 0.216. The van der Waals surface area contributed by atoms with E-state index in [4.69, 9.17) is 0 Å². The van der Waals surface area contributed by atoms with Crippen LogP contribution in [0, 0.1) is 0 Å². The first-order valence-electron chi connectivity index (χ1n) is 29.1. The van der Waals surface area contributed by atoms with E-state index in [2.05, 4.69) is 76.2 Å². The zero-order chi connectivity index (χ0) is 57.3. The first-order chi connectivity index (χ1) is 39.8. The fourth-order valence-corrected chi connectivity index (χ4v) is 12.2. The molecule has 0 saturated carbocycles. The number of rotatable bonds is 18. The third kappa shape index (κ3) is 10.1. The standard InChI is InChI=1S/C74H70O8/c1-5-9-13-43-17-33-55-53(37-43)41-61(75)69(77)63(55)47-21-29-51(30-22-47)67-59-39-45(15-11-7-3)19-35-57(59)65(71(79)73(67)81)49-25-27-50(28-26-49)66-58-36-20-46(16-12-8-4)40-60(58)68(74(82)72(66)80)52-31-23-48(24-32-52)64-56-34-18-44(14-10-6-2)38-54(56)42-62(76)70(64)78/h17-42,75-82H,5-16H2,1-4H3. The summed E-state index contributed by atoms with van der Waals surface area (Å²) in [5, 5.41) is 99.5. The van der Waals surface area contributed by atoms with E-state index in [1.54, 1.807) is 12.1 Å². The van der Waals surface area contributed by atoms with Gasteiger partial charge < -0.3 is 40.9 Å². The number of phenolic OH excluding ortho intramolecular Hbond substituents is 8. The maximum atomic E-state index is 12.2. The van der Waals surface area contributed by atoms with Gasteiger partial charge in [0.05, 0.1) is 0 Å². The van der Waals surface area contributed by atoms with Gasteiger partial charge in [-0.2, -0.15) is 0 Å². The molecule has 82 heavy (non-hydrogen) atoms. The minimum absolute atomic E-state index is 0.202. The minimum atomic E-state index is -0.291. The number of unbranched alkanes of at least 4 members (excludes halogenated alkanes) is 4. The Labute approximate surface area is 479 Å². The summed E-state index contributed by atoms with van der Waals surface area (Å²) in [4.78, 5) is 0. The Morgan fingerprint density at radius 2 is 0.463 bits per heavy atom. The molecule has 0 unspecified atom stereocenters. The number of phenols is 8. The Bertz CT molecular complexity index is 3940. The molecule has 11 aromatic carbocycles. The van der Waals surface area contributed by atoms with E-state index < -0.39 is 0 Å². The second-order valence-corrected chi connectivity index (χ2v) is 22.2. The molecule has 8 N–H and O–H groups in total. The summed E-state index contributed by atoms with van der Waals surface area (Å²) in [6.45, 7) is 8.61. The first kappa shape index (κ1) is 54.8. The fourth-order valence-electron chi connectivity index (χ4n) is 12.2. The molecule has 0 heterocycles. The van der Waals surface area contributed by atoms with Crippen molar-refractivity contribution in [2.75, 3.05) is 0 Å². The van der Waals surface area contributed by atoms with Crippen LogP contribution in [0.25, 0.3) is 110 Å². The largest absolute Gasteiger partial charge is 0.504 e. The Hall–Kier alpha value is -9.14. The lowest BCUT2D eigenvalue weighted by Gasteiger charge is -2.20. The third-order valence-electron chi connectivity index (χ3n) is 16.6. The van der Waals surface area contributed by atoms with Crippen molar-refractivity contribution in [2.45, 2.75) is 105 Å². The van der Waals surface area contributed by atoms with Crippen molar-refractivity contribution in [1.29, 1.82) is 0 Å². The molecule has 0 fully saturated rings. The van der Waals surface area contributed by atoms with Crippen LogP contribution in [-0.2, 0) is 25.7 Å². The van der Waals surface area contributed by atoms with Gasteiger partial charge in [0.1, 0.15) is 0 Å². The van der Waals surface area contributed by atoms with Gasteiger partial charge in [-0.05, 0) is 162 Å². The molecule has 0 aliphatic heterocycles. The van der Waals surface area contributed by atoms with Crippen LogP contribution in [0.15, 0.2) is 158 Å². The molecular weight excluding hydrogens is 1020 g/mol. The zero-order valence-corrected chi connectivity index (χ0v) is 47.1. The summed E-state index contributed by atoms with van der Waals surface area (Å²) in [6.07, 6.45) is 11.7. The highest BCUT2D eigenvalue weighted by atomic mass is 16.3. The van der Waals surface area contributed by atoms with E-state index in [9.17, 15) is 40.9 Å². The van der Waals surface area contributed by atoms with Gasteiger partial charge in [0.25, 0.3) is 0 Å². The van der Waals surface area contributed by atoms with E-state index in [1.165, 1.54) is 0 Å². The Balaban J connectivity index is 0.983. The predicted molar refractivity (Wildman–Crippen MR) is 337 cm³/mol. The van der Waals surface area contributed by atoms with Crippen molar-refractivity contribution >= 4 is 43.1 Å². The molecule has 8 nitrogen and oxygen atoms in total. The topological polar surface area (TPSA) is 162 Å². The number of fused-ring (bicyclic) bond motifs is 4. The Morgan fingerprint density at radius 1 is 0.232 bits per heavy atom. The molecule has 8 heteroatoms. The van der Waals surface area contributed by atoms with Gasteiger partial charge in [0.15, 0.2) is 46.0 Å². The second kappa shape index (κ2) is 23.1. The summed E-state index contributed by atoms with van der Waals surface area (Å²) >= 11 is 0. The average Bonchev–Trinajstić information content (AvgIpc) is 3.67. The summed E-state index contributed by atoms with van der Waals surface area (Å²) in [7, 11) is 0. The van der Waals surface area contributed by atoms with Gasteiger partial charge in [-0.15, -0.1) is 0 Å². The van der Waals surface area contributed by atoms with Gasteiger partial charge >= 0.3 is 0 Å². The van der Waals surface area contributed by atoms with Crippen LogP contribution in [0.1, 0.15) is 101 Å². The summed E-state index contributed by atoms with van der Waals surface area (Å²) in [5.41, 5.74) is 11.3. The second-order valence-electron chi connectivity index (χ2n) is 22.2. The minimum Gasteiger partial charge on any atom is -0.504 e. The number of benzene rings is 11. The molecule has 0 saturated heterocycles. The summed E-state index contributed by atoms with van der Waals surface area (Å²) < 4.78 is 0. The molecule has 0 aliphatic carbocycles. The van der Waals surface area contributed by atoms with Gasteiger partial charge in [-0.25, -0.2) is 0 Å². The molecule has 414 valence electrons. The van der Waals surface area contributed by atoms with Crippen molar-refractivity contribution in [1.82, 2.24) is 0 Å². The highest BCUT2D eigenvalue weighted by molar-refractivity contribution is 6.13. The normalized spacial score (nSPS) is 11.7. The van der Waals surface area contributed by atoms with Gasteiger partial charge in [0.2, 0.25) is 0 Å². The molecule has 0 radical (unpaired) electrons. The van der Waals surface area contributed by atoms with Crippen molar-refractivity contribution in [3.8, 4) is 113 Å². The number of aryl methyl sites for hydroxylation is 4. The Kier molecular flexibility index (Phi) is 15.5. The van der Waals surface area contributed by atoms with E-state index in [0.29, 0.717) is 66.8 Å². The van der Waals surface area contributed by atoms with Gasteiger partial charge in [-0.1, -0.05) is 199 Å². The smallest absolute Gasteiger partial charge is 0.166 e. The average molecular weight is 1090 g/mol. The highest BCUT2D eigenvalue weighted by Gasteiger charge is 2.26. The quantitative estimate of drug-likeness (QED) is 0.0394. The molecule has 11 aromatic rings. The van der Waals surface area contributed by atoms with E-state index >= 15 is 0 Å². The van der Waals surface area contributed by atoms with Crippen LogP contribution in [0.4, 0.5) is 0 Å². The molecular formula is C74H70O8. The molecule has 11 rings (SSSR count). The van der Waals surface area contributed by atoms with Crippen LogP contribution in [-0.4, -0.2) is 40.9 Å².